The zero-order valence-corrected chi connectivity index (χ0v) is 19.2. The summed E-state index contributed by atoms with van der Waals surface area (Å²) in [5, 5.41) is 10.2. The molecule has 33 heavy (non-hydrogen) atoms. The van der Waals surface area contributed by atoms with E-state index in [1.165, 1.54) is 40.7 Å². The zero-order chi connectivity index (χ0) is 23.6. The Morgan fingerprint density at radius 2 is 1.70 bits per heavy atom. The second kappa shape index (κ2) is 9.40. The molecule has 0 spiro atoms. The highest BCUT2D eigenvalue weighted by Crippen LogP contribution is 2.27. The highest BCUT2D eigenvalue weighted by Gasteiger charge is 2.31. The SMILES string of the molecule is CC1CC(C)CN(S(=O)(=O)c2ccc(C(=O)Nc3nnc(Cc4ccc(F)cc4)o3)cc2)C1. The van der Waals surface area contributed by atoms with Gasteiger partial charge in [-0.05, 0) is 60.2 Å². The molecule has 0 bridgehead atoms. The lowest BCUT2D eigenvalue weighted by atomic mass is 9.94. The largest absolute Gasteiger partial charge is 0.407 e. The van der Waals surface area contributed by atoms with E-state index in [1.54, 1.807) is 12.1 Å². The molecule has 0 radical (unpaired) electrons. The zero-order valence-electron chi connectivity index (χ0n) is 18.4. The van der Waals surface area contributed by atoms with Crippen LogP contribution in [0.1, 0.15) is 42.1 Å². The number of nitrogens with zero attached hydrogens (tertiary/aromatic N) is 3. The van der Waals surface area contributed by atoms with Gasteiger partial charge >= 0.3 is 6.01 Å². The Morgan fingerprint density at radius 3 is 2.33 bits per heavy atom. The minimum atomic E-state index is -3.62. The number of amides is 1. The number of benzene rings is 2. The summed E-state index contributed by atoms with van der Waals surface area (Å²) in [4.78, 5) is 12.7. The summed E-state index contributed by atoms with van der Waals surface area (Å²) in [5.74, 6) is 0.0300. The van der Waals surface area contributed by atoms with Crippen molar-refractivity contribution in [3.8, 4) is 0 Å². The Kier molecular flexibility index (Phi) is 6.57. The number of aromatic nitrogens is 2. The smallest absolute Gasteiger partial charge is 0.322 e. The average Bonchev–Trinajstić information content (AvgIpc) is 3.21. The van der Waals surface area contributed by atoms with Gasteiger partial charge in [-0.1, -0.05) is 31.1 Å². The van der Waals surface area contributed by atoms with Crippen molar-refractivity contribution in [1.29, 1.82) is 0 Å². The lowest BCUT2D eigenvalue weighted by molar-refractivity contribution is 0.102. The van der Waals surface area contributed by atoms with E-state index >= 15 is 0 Å². The molecule has 2 heterocycles. The highest BCUT2D eigenvalue weighted by molar-refractivity contribution is 7.89. The summed E-state index contributed by atoms with van der Waals surface area (Å²) in [5.41, 5.74) is 1.04. The van der Waals surface area contributed by atoms with Gasteiger partial charge in [0.1, 0.15) is 5.82 Å². The van der Waals surface area contributed by atoms with Gasteiger partial charge in [0.2, 0.25) is 15.9 Å². The van der Waals surface area contributed by atoms with Crippen molar-refractivity contribution >= 4 is 21.9 Å². The number of rotatable bonds is 6. The van der Waals surface area contributed by atoms with Gasteiger partial charge in [-0.25, -0.2) is 12.8 Å². The van der Waals surface area contributed by atoms with Crippen LogP contribution in [0.4, 0.5) is 10.4 Å². The van der Waals surface area contributed by atoms with Crippen LogP contribution < -0.4 is 5.32 Å². The Labute approximate surface area is 191 Å². The Bertz CT molecular complexity index is 1220. The van der Waals surface area contributed by atoms with Crippen LogP contribution in [-0.4, -0.2) is 41.9 Å². The van der Waals surface area contributed by atoms with Crippen molar-refractivity contribution in [3.63, 3.8) is 0 Å². The van der Waals surface area contributed by atoms with Crippen molar-refractivity contribution < 1.29 is 22.0 Å². The van der Waals surface area contributed by atoms with Crippen LogP contribution in [0, 0.1) is 17.7 Å². The van der Waals surface area contributed by atoms with Crippen LogP contribution >= 0.6 is 0 Å². The molecular weight excluding hydrogens is 447 g/mol. The molecule has 8 nitrogen and oxygen atoms in total. The molecular formula is C23H25FN4O4S. The van der Waals surface area contributed by atoms with E-state index in [1.807, 2.05) is 13.8 Å². The van der Waals surface area contributed by atoms with Gasteiger partial charge in [0.15, 0.2) is 0 Å². The fourth-order valence-electron chi connectivity index (χ4n) is 4.05. The number of sulfonamides is 1. The first kappa shape index (κ1) is 23.1. The number of carbonyl (C=O) groups is 1. The molecule has 1 amide bonds. The van der Waals surface area contributed by atoms with Gasteiger partial charge in [-0.3, -0.25) is 10.1 Å². The number of hydrogen-bond acceptors (Lipinski definition) is 6. The van der Waals surface area contributed by atoms with Crippen LogP contribution in [0.15, 0.2) is 57.8 Å². The van der Waals surface area contributed by atoms with E-state index in [0.717, 1.165) is 12.0 Å². The third kappa shape index (κ3) is 5.45. The summed E-state index contributed by atoms with van der Waals surface area (Å²) in [6, 6.07) is 11.6. The molecule has 3 aromatic rings. The summed E-state index contributed by atoms with van der Waals surface area (Å²) in [6.07, 6.45) is 1.30. The maximum atomic E-state index is 13.0. The Balaban J connectivity index is 1.40. The summed E-state index contributed by atoms with van der Waals surface area (Å²) in [6.45, 7) is 5.08. The monoisotopic (exact) mass is 472 g/mol. The van der Waals surface area contributed by atoms with Gasteiger partial charge in [-0.2, -0.15) is 4.31 Å². The van der Waals surface area contributed by atoms with Crippen molar-refractivity contribution in [2.24, 2.45) is 11.8 Å². The van der Waals surface area contributed by atoms with E-state index in [4.69, 9.17) is 4.42 Å². The van der Waals surface area contributed by atoms with Crippen LogP contribution in [-0.2, 0) is 16.4 Å². The van der Waals surface area contributed by atoms with Crippen molar-refractivity contribution in [1.82, 2.24) is 14.5 Å². The van der Waals surface area contributed by atoms with Crippen LogP contribution in [0.25, 0.3) is 0 Å². The van der Waals surface area contributed by atoms with E-state index < -0.39 is 15.9 Å². The predicted octanol–water partition coefficient (Wildman–Crippen LogP) is 3.72. The van der Waals surface area contributed by atoms with Crippen LogP contribution in [0.2, 0.25) is 0 Å². The number of halogens is 1. The lowest BCUT2D eigenvalue weighted by Crippen LogP contribution is -2.42. The van der Waals surface area contributed by atoms with E-state index in [9.17, 15) is 17.6 Å². The third-order valence-corrected chi connectivity index (χ3v) is 7.39. The first-order chi connectivity index (χ1) is 15.7. The average molecular weight is 473 g/mol. The van der Waals surface area contributed by atoms with Gasteiger partial charge < -0.3 is 4.42 Å². The third-order valence-electron chi connectivity index (χ3n) is 5.55. The number of anilines is 1. The minimum Gasteiger partial charge on any atom is -0.407 e. The second-order valence-corrected chi connectivity index (χ2v) is 10.5. The molecule has 174 valence electrons. The molecule has 1 fully saturated rings. The van der Waals surface area contributed by atoms with Crippen molar-refractivity contribution in [2.45, 2.75) is 31.6 Å². The first-order valence-corrected chi connectivity index (χ1v) is 12.1. The highest BCUT2D eigenvalue weighted by atomic mass is 32.2. The molecule has 1 saturated heterocycles. The molecule has 4 rings (SSSR count). The van der Waals surface area contributed by atoms with Crippen molar-refractivity contribution in [3.05, 3.63) is 71.4 Å². The van der Waals surface area contributed by atoms with Crippen LogP contribution in [0.5, 0.6) is 0 Å². The molecule has 2 unspecified atom stereocenters. The second-order valence-electron chi connectivity index (χ2n) is 8.55. The molecule has 1 aliphatic heterocycles. The van der Waals surface area contributed by atoms with Gasteiger partial charge in [0.25, 0.3) is 5.91 Å². The Morgan fingerprint density at radius 1 is 1.06 bits per heavy atom. The van der Waals surface area contributed by atoms with Crippen LogP contribution in [0.3, 0.4) is 0 Å². The first-order valence-electron chi connectivity index (χ1n) is 10.7. The van der Waals surface area contributed by atoms with Gasteiger partial charge in [0, 0.05) is 18.7 Å². The summed E-state index contributed by atoms with van der Waals surface area (Å²) < 4.78 is 46.0. The quantitative estimate of drug-likeness (QED) is 0.586. The van der Waals surface area contributed by atoms with Crippen molar-refractivity contribution in [2.75, 3.05) is 18.4 Å². The normalized spacial score (nSPS) is 19.4. The minimum absolute atomic E-state index is 0.0786. The summed E-state index contributed by atoms with van der Waals surface area (Å²) >= 11 is 0. The number of piperidine rings is 1. The molecule has 2 aromatic carbocycles. The van der Waals surface area contributed by atoms with Gasteiger partial charge in [0.05, 0.1) is 11.3 Å². The van der Waals surface area contributed by atoms with E-state index in [2.05, 4.69) is 15.5 Å². The van der Waals surface area contributed by atoms with E-state index in [-0.39, 0.29) is 28.2 Å². The Hall–Kier alpha value is -3.11. The van der Waals surface area contributed by atoms with Gasteiger partial charge in [-0.15, -0.1) is 5.10 Å². The molecule has 2 atom stereocenters. The number of hydrogen-bond donors (Lipinski definition) is 1. The number of nitrogens with one attached hydrogen (secondary N) is 1. The molecule has 1 N–H and O–H groups in total. The maximum Gasteiger partial charge on any atom is 0.322 e. The predicted molar refractivity (Wildman–Crippen MR) is 120 cm³/mol. The standard InChI is InChI=1S/C23H25FN4O4S/c1-15-11-16(2)14-28(13-15)33(30,31)20-9-5-18(6-10-20)22(29)25-23-27-26-21(32-23)12-17-3-7-19(24)8-4-17/h3-10,15-16H,11-14H2,1-2H3,(H,25,27,29). The molecule has 1 aromatic heterocycles. The number of carbonyl (C=O) groups excluding carboxylic acids is 1. The molecule has 0 aliphatic carbocycles. The summed E-state index contributed by atoms with van der Waals surface area (Å²) in [7, 11) is -3.62. The molecule has 1 aliphatic rings. The molecule has 0 saturated carbocycles. The fourth-order valence-corrected chi connectivity index (χ4v) is 5.73. The van der Waals surface area contributed by atoms with E-state index in [0.29, 0.717) is 31.3 Å². The fraction of sp³-hybridized carbons (Fsp3) is 0.348. The lowest BCUT2D eigenvalue weighted by Gasteiger charge is -2.34. The topological polar surface area (TPSA) is 105 Å². The maximum absolute atomic E-state index is 13.0. The molecule has 10 heteroatoms.